The highest BCUT2D eigenvalue weighted by atomic mass is 35.5. The van der Waals surface area contributed by atoms with Gasteiger partial charge in [-0.15, -0.1) is 0 Å². The van der Waals surface area contributed by atoms with E-state index in [4.69, 9.17) is 11.6 Å². The van der Waals surface area contributed by atoms with E-state index in [9.17, 15) is 9.90 Å². The second-order valence-electron chi connectivity index (χ2n) is 4.39. The van der Waals surface area contributed by atoms with E-state index in [1.54, 1.807) is 24.3 Å². The number of rotatable bonds is 3. The van der Waals surface area contributed by atoms with Crippen LogP contribution in [0.4, 0.5) is 0 Å². The molecule has 2 rings (SSSR count). The van der Waals surface area contributed by atoms with E-state index in [-0.39, 0.29) is 0 Å². The monoisotopic (exact) mass is 253 g/mol. The average Bonchev–Trinajstić information content (AvgIpc) is 2.33. The molecule has 4 heteroatoms. The first kappa shape index (κ1) is 12.4. The number of benzene rings is 1. The molecule has 1 saturated heterocycles. The molecular weight excluding hydrogens is 238 g/mol. The van der Waals surface area contributed by atoms with Crippen LogP contribution in [0.2, 0.25) is 5.02 Å². The summed E-state index contributed by atoms with van der Waals surface area (Å²) in [6.07, 6.45) is 3.36. The van der Waals surface area contributed by atoms with Crippen molar-refractivity contribution in [1.82, 2.24) is 4.90 Å². The summed E-state index contributed by atoms with van der Waals surface area (Å²) in [6.45, 7) is 1.72. The zero-order valence-corrected chi connectivity index (χ0v) is 10.4. The van der Waals surface area contributed by atoms with Gasteiger partial charge in [0.1, 0.15) is 6.04 Å². The molecule has 1 N–H and O–H groups in total. The van der Waals surface area contributed by atoms with Crippen LogP contribution >= 0.6 is 11.6 Å². The summed E-state index contributed by atoms with van der Waals surface area (Å²) >= 11 is 5.82. The zero-order chi connectivity index (χ0) is 12.3. The second-order valence-corrected chi connectivity index (χ2v) is 4.83. The van der Waals surface area contributed by atoms with Gasteiger partial charge in [-0.05, 0) is 43.6 Å². The Bertz CT molecular complexity index is 385. The van der Waals surface area contributed by atoms with Crippen molar-refractivity contribution in [2.45, 2.75) is 25.3 Å². The van der Waals surface area contributed by atoms with Gasteiger partial charge in [0.15, 0.2) is 0 Å². The van der Waals surface area contributed by atoms with Crippen LogP contribution in [0.25, 0.3) is 0 Å². The normalized spacial score (nSPS) is 18.9. The lowest BCUT2D eigenvalue weighted by atomic mass is 10.0. The van der Waals surface area contributed by atoms with E-state index >= 15 is 0 Å². The number of carboxylic acid groups (broad SMARTS) is 1. The molecule has 0 amide bonds. The van der Waals surface area contributed by atoms with Crippen LogP contribution in [0.3, 0.4) is 0 Å². The molecule has 3 nitrogen and oxygen atoms in total. The Morgan fingerprint density at radius 2 is 1.76 bits per heavy atom. The fourth-order valence-electron chi connectivity index (χ4n) is 2.33. The third-order valence-electron chi connectivity index (χ3n) is 3.18. The van der Waals surface area contributed by atoms with E-state index in [2.05, 4.69) is 0 Å². The van der Waals surface area contributed by atoms with Crippen LogP contribution in [-0.4, -0.2) is 29.1 Å². The first-order valence-corrected chi connectivity index (χ1v) is 6.28. The molecule has 0 saturated carbocycles. The van der Waals surface area contributed by atoms with E-state index in [1.807, 2.05) is 4.90 Å². The van der Waals surface area contributed by atoms with Gasteiger partial charge in [-0.2, -0.15) is 0 Å². The molecule has 0 bridgehead atoms. The average molecular weight is 254 g/mol. The summed E-state index contributed by atoms with van der Waals surface area (Å²) in [6, 6.07) is 6.56. The summed E-state index contributed by atoms with van der Waals surface area (Å²) in [5.41, 5.74) is 0.809. The van der Waals surface area contributed by atoms with Gasteiger partial charge in [-0.25, -0.2) is 0 Å². The van der Waals surface area contributed by atoms with Crippen molar-refractivity contribution < 1.29 is 9.90 Å². The van der Waals surface area contributed by atoms with Gasteiger partial charge in [0, 0.05) is 5.02 Å². The van der Waals surface area contributed by atoms with Crippen molar-refractivity contribution in [3.63, 3.8) is 0 Å². The fraction of sp³-hybridized carbons (Fsp3) is 0.462. The number of carboxylic acids is 1. The molecule has 0 unspecified atom stereocenters. The molecule has 1 atom stereocenters. The molecule has 0 aliphatic carbocycles. The predicted molar refractivity (Wildman–Crippen MR) is 67.3 cm³/mol. The number of piperidine rings is 1. The molecule has 0 spiro atoms. The maximum atomic E-state index is 11.4. The number of halogens is 1. The van der Waals surface area contributed by atoms with Gasteiger partial charge >= 0.3 is 5.97 Å². The summed E-state index contributed by atoms with van der Waals surface area (Å²) in [5.74, 6) is -0.783. The van der Waals surface area contributed by atoms with Gasteiger partial charge in [0.25, 0.3) is 0 Å². The van der Waals surface area contributed by atoms with E-state index in [0.717, 1.165) is 31.5 Å². The summed E-state index contributed by atoms with van der Waals surface area (Å²) in [7, 11) is 0. The smallest absolute Gasteiger partial charge is 0.325 e. The fourth-order valence-corrected chi connectivity index (χ4v) is 2.46. The Morgan fingerprint density at radius 3 is 2.29 bits per heavy atom. The maximum Gasteiger partial charge on any atom is 0.325 e. The number of likely N-dealkylation sites (tertiary alicyclic amines) is 1. The number of aliphatic carboxylic acids is 1. The van der Waals surface area contributed by atoms with Crippen molar-refractivity contribution in [2.24, 2.45) is 0 Å². The van der Waals surface area contributed by atoms with Crippen LogP contribution in [0.15, 0.2) is 24.3 Å². The third-order valence-corrected chi connectivity index (χ3v) is 3.43. The quantitative estimate of drug-likeness (QED) is 0.900. The molecule has 1 aromatic carbocycles. The SMILES string of the molecule is O=C(O)[C@H](c1ccc(Cl)cc1)N1CCCCC1. The Kier molecular flexibility index (Phi) is 4.02. The molecular formula is C13H16ClNO2. The molecule has 1 aliphatic heterocycles. The Morgan fingerprint density at radius 1 is 1.18 bits per heavy atom. The topological polar surface area (TPSA) is 40.5 Å². The van der Waals surface area contributed by atoms with Gasteiger partial charge in [0.2, 0.25) is 0 Å². The van der Waals surface area contributed by atoms with Crippen molar-refractivity contribution >= 4 is 17.6 Å². The van der Waals surface area contributed by atoms with Crippen LogP contribution in [0.1, 0.15) is 30.9 Å². The minimum absolute atomic E-state index is 0.535. The van der Waals surface area contributed by atoms with Crippen LogP contribution in [0.5, 0.6) is 0 Å². The van der Waals surface area contributed by atoms with Crippen LogP contribution < -0.4 is 0 Å². The zero-order valence-electron chi connectivity index (χ0n) is 9.60. The predicted octanol–water partition coefficient (Wildman–Crippen LogP) is 2.95. The molecule has 1 heterocycles. The Labute approximate surface area is 106 Å². The first-order chi connectivity index (χ1) is 8.18. The number of carbonyl (C=O) groups is 1. The highest BCUT2D eigenvalue weighted by Crippen LogP contribution is 2.25. The van der Waals surface area contributed by atoms with Crippen molar-refractivity contribution in [2.75, 3.05) is 13.1 Å². The Hall–Kier alpha value is -1.06. The summed E-state index contributed by atoms with van der Waals surface area (Å²) < 4.78 is 0. The lowest BCUT2D eigenvalue weighted by molar-refractivity contribution is -0.144. The van der Waals surface area contributed by atoms with Gasteiger partial charge in [-0.3, -0.25) is 9.69 Å². The Balaban J connectivity index is 2.21. The summed E-state index contributed by atoms with van der Waals surface area (Å²) in [4.78, 5) is 13.4. The van der Waals surface area contributed by atoms with Crippen molar-refractivity contribution in [3.05, 3.63) is 34.9 Å². The van der Waals surface area contributed by atoms with E-state index < -0.39 is 12.0 Å². The van der Waals surface area contributed by atoms with E-state index in [1.165, 1.54) is 6.42 Å². The van der Waals surface area contributed by atoms with Crippen LogP contribution in [0, 0.1) is 0 Å². The highest BCUT2D eigenvalue weighted by Gasteiger charge is 2.28. The second kappa shape index (κ2) is 5.52. The minimum atomic E-state index is -0.783. The summed E-state index contributed by atoms with van der Waals surface area (Å²) in [5, 5.41) is 10.0. The molecule has 1 fully saturated rings. The third kappa shape index (κ3) is 2.99. The van der Waals surface area contributed by atoms with Gasteiger partial charge in [0.05, 0.1) is 0 Å². The van der Waals surface area contributed by atoms with Gasteiger partial charge in [-0.1, -0.05) is 30.2 Å². The van der Waals surface area contributed by atoms with Crippen molar-refractivity contribution in [1.29, 1.82) is 0 Å². The van der Waals surface area contributed by atoms with Gasteiger partial charge < -0.3 is 5.11 Å². The molecule has 1 aromatic rings. The molecule has 1 aliphatic rings. The van der Waals surface area contributed by atoms with E-state index in [0.29, 0.717) is 5.02 Å². The minimum Gasteiger partial charge on any atom is -0.480 e. The largest absolute Gasteiger partial charge is 0.480 e. The standard InChI is InChI=1S/C13H16ClNO2/c14-11-6-4-10(5-7-11)12(13(16)17)15-8-2-1-3-9-15/h4-7,12H,1-3,8-9H2,(H,16,17)/t12-/m0/s1. The maximum absolute atomic E-state index is 11.4. The highest BCUT2D eigenvalue weighted by molar-refractivity contribution is 6.30. The number of nitrogens with zero attached hydrogens (tertiary/aromatic N) is 1. The van der Waals surface area contributed by atoms with Crippen LogP contribution in [-0.2, 0) is 4.79 Å². The molecule has 17 heavy (non-hydrogen) atoms. The lowest BCUT2D eigenvalue weighted by Gasteiger charge is -2.32. The van der Waals surface area contributed by atoms with Crippen molar-refractivity contribution in [3.8, 4) is 0 Å². The number of hydrogen-bond donors (Lipinski definition) is 1. The number of hydrogen-bond acceptors (Lipinski definition) is 2. The molecule has 0 aromatic heterocycles. The first-order valence-electron chi connectivity index (χ1n) is 5.91. The molecule has 92 valence electrons. The lowest BCUT2D eigenvalue weighted by Crippen LogP contribution is -2.37. The molecule has 0 radical (unpaired) electrons.